The summed E-state index contributed by atoms with van der Waals surface area (Å²) in [6, 6.07) is -0.733. The summed E-state index contributed by atoms with van der Waals surface area (Å²) in [6.45, 7) is -7.14. The van der Waals surface area contributed by atoms with Crippen LogP contribution in [0.3, 0.4) is 0 Å². The molecule has 0 radical (unpaired) electrons. The molecule has 0 bridgehead atoms. The number of hydrogen-bond donors (Lipinski definition) is 2. The van der Waals surface area contributed by atoms with E-state index in [4.69, 9.17) is 14.3 Å². The Balaban J connectivity index is 1.77. The molecule has 158 valence electrons. The van der Waals surface area contributed by atoms with Crippen LogP contribution in [0.5, 0.6) is 5.75 Å². The van der Waals surface area contributed by atoms with Crippen LogP contribution in [-0.2, 0) is 17.8 Å². The van der Waals surface area contributed by atoms with Gasteiger partial charge in [-0.3, -0.25) is 14.4 Å². The lowest BCUT2D eigenvalue weighted by atomic mass is 10.1. The van der Waals surface area contributed by atoms with Crippen molar-refractivity contribution in [3.8, 4) is 5.75 Å². The van der Waals surface area contributed by atoms with Gasteiger partial charge in [-0.05, 0) is 19.3 Å². The van der Waals surface area contributed by atoms with Crippen LogP contribution >= 0.6 is 0 Å². The third-order valence-corrected chi connectivity index (χ3v) is 4.58. The zero-order valence-electron chi connectivity index (χ0n) is 22.2. The van der Waals surface area contributed by atoms with Crippen LogP contribution in [0.2, 0.25) is 0 Å². The first kappa shape index (κ1) is 13.1. The summed E-state index contributed by atoms with van der Waals surface area (Å²) in [6.07, 6.45) is -2.22. The molecule has 30 heavy (non-hydrogen) atoms. The molecule has 3 heterocycles. The van der Waals surface area contributed by atoms with E-state index < -0.39 is 90.0 Å². The van der Waals surface area contributed by atoms with Gasteiger partial charge in [0.05, 0.1) is 18.6 Å². The quantitative estimate of drug-likeness (QED) is 0.772. The highest BCUT2D eigenvalue weighted by atomic mass is 19.1. The maximum atomic E-state index is 14.1. The van der Waals surface area contributed by atoms with Gasteiger partial charge in [-0.2, -0.15) is 0 Å². The number of carbonyl (C=O) groups is 2. The maximum Gasteiger partial charge on any atom is 0.276 e. The van der Waals surface area contributed by atoms with Crippen molar-refractivity contribution in [1.29, 1.82) is 0 Å². The summed E-state index contributed by atoms with van der Waals surface area (Å²) in [7, 11) is 0. The minimum atomic E-state index is -3.09. The van der Waals surface area contributed by atoms with Crippen molar-refractivity contribution in [3.63, 3.8) is 0 Å². The highest BCUT2D eigenvalue weighted by Gasteiger charge is 2.41. The Bertz CT molecular complexity index is 1390. The van der Waals surface area contributed by atoms with Gasteiger partial charge in [0.15, 0.2) is 17.6 Å². The van der Waals surface area contributed by atoms with E-state index in [1.807, 2.05) is 0 Å². The molecule has 1 aromatic carbocycles. The first-order valence-electron chi connectivity index (χ1n) is 12.2. The van der Waals surface area contributed by atoms with Crippen LogP contribution in [0.15, 0.2) is 29.2 Å². The molecule has 1 fully saturated rings. The number of aromatic nitrogens is 1. The Kier molecular flexibility index (Phi) is 3.29. The Morgan fingerprint density at radius 1 is 1.47 bits per heavy atom. The van der Waals surface area contributed by atoms with E-state index in [0.717, 1.165) is 22.9 Å². The number of aromatic hydroxyl groups is 1. The number of halogens is 2. The van der Waals surface area contributed by atoms with E-state index in [0.29, 0.717) is 11.0 Å². The van der Waals surface area contributed by atoms with E-state index in [2.05, 4.69) is 0 Å². The van der Waals surface area contributed by atoms with Gasteiger partial charge >= 0.3 is 0 Å². The fourth-order valence-electron chi connectivity index (χ4n) is 3.14. The summed E-state index contributed by atoms with van der Waals surface area (Å²) < 4.78 is 89.5. The first-order valence-corrected chi connectivity index (χ1v) is 8.66. The Hall–Kier alpha value is -3.27. The summed E-state index contributed by atoms with van der Waals surface area (Å²) >= 11 is 0. The molecule has 1 aromatic heterocycles. The van der Waals surface area contributed by atoms with Crippen molar-refractivity contribution < 1.29 is 37.8 Å². The first-order chi connectivity index (χ1) is 16.9. The SMILES string of the molecule is [2H]C([2H])(NC(=O)c1cn2c(c(O)c1=O)C(=O)N1[C@]([2H])(C2)OCC[C@@]1([2H])C([2H])([2H])[2H])c1ccc(F)cc1F. The number of fused-ring (bicyclic) bond motifs is 2. The molecule has 2 atom stereocenters. The van der Waals surface area contributed by atoms with Crippen molar-refractivity contribution in [2.24, 2.45) is 0 Å². The van der Waals surface area contributed by atoms with Gasteiger partial charge in [0.25, 0.3) is 11.8 Å². The Morgan fingerprint density at radius 2 is 2.27 bits per heavy atom. The van der Waals surface area contributed by atoms with Crippen molar-refractivity contribution in [2.45, 2.75) is 38.5 Å². The number of hydrogen-bond acceptors (Lipinski definition) is 5. The normalized spacial score (nSPS) is 29.7. The fraction of sp³-hybridized carbons (Fsp3) is 0.350. The second-order valence-electron chi connectivity index (χ2n) is 6.48. The molecule has 4 rings (SSSR count). The van der Waals surface area contributed by atoms with Gasteiger partial charge in [-0.1, -0.05) is 6.07 Å². The van der Waals surface area contributed by atoms with Crippen molar-refractivity contribution in [2.75, 3.05) is 6.61 Å². The zero-order chi connectivity index (χ0) is 27.7. The monoisotopic (exact) mass is 426 g/mol. The third kappa shape index (κ3) is 3.32. The van der Waals surface area contributed by atoms with Crippen LogP contribution in [0.25, 0.3) is 0 Å². The lowest BCUT2D eigenvalue weighted by molar-refractivity contribution is -0.112. The molecule has 2 aromatic rings. The molecular formula is C20H19F2N3O5. The minimum Gasteiger partial charge on any atom is -0.503 e. The average molecular weight is 426 g/mol. The van der Waals surface area contributed by atoms with Crippen LogP contribution in [-0.4, -0.2) is 45.2 Å². The van der Waals surface area contributed by atoms with Crippen LogP contribution < -0.4 is 10.7 Å². The molecule has 8 nitrogen and oxygen atoms in total. The predicted octanol–water partition coefficient (Wildman–Crippen LogP) is 1.35. The summed E-state index contributed by atoms with van der Waals surface area (Å²) in [5.41, 5.74) is -3.91. The number of pyridine rings is 1. The molecular weight excluding hydrogens is 400 g/mol. The van der Waals surface area contributed by atoms with Crippen molar-refractivity contribution in [1.82, 2.24) is 14.8 Å². The molecule has 2 amide bonds. The van der Waals surface area contributed by atoms with E-state index in [9.17, 15) is 28.3 Å². The summed E-state index contributed by atoms with van der Waals surface area (Å²) in [5, 5.41) is 12.3. The maximum absolute atomic E-state index is 14.1. The van der Waals surface area contributed by atoms with E-state index >= 15 is 0 Å². The van der Waals surface area contributed by atoms with Gasteiger partial charge in [0.1, 0.15) is 17.2 Å². The molecule has 2 N–H and O–H groups in total. The van der Waals surface area contributed by atoms with Gasteiger partial charge in [-0.25, -0.2) is 8.78 Å². The molecule has 0 unspecified atom stereocenters. The van der Waals surface area contributed by atoms with E-state index in [-0.39, 0.29) is 6.61 Å². The fourth-order valence-corrected chi connectivity index (χ4v) is 3.14. The smallest absolute Gasteiger partial charge is 0.276 e. The molecule has 0 aliphatic carbocycles. The van der Waals surface area contributed by atoms with Crippen molar-refractivity contribution in [3.05, 3.63) is 63.1 Å². The Morgan fingerprint density at radius 3 is 3.00 bits per heavy atom. The molecule has 0 saturated carbocycles. The average Bonchev–Trinajstić information content (AvgIpc) is 2.74. The highest BCUT2D eigenvalue weighted by Crippen LogP contribution is 2.29. The van der Waals surface area contributed by atoms with Gasteiger partial charge < -0.3 is 24.6 Å². The molecule has 2 aliphatic rings. The van der Waals surface area contributed by atoms with Crippen LogP contribution in [0.1, 0.15) is 49.3 Å². The largest absolute Gasteiger partial charge is 0.503 e. The van der Waals surface area contributed by atoms with Crippen LogP contribution in [0, 0.1) is 11.6 Å². The molecule has 10 heteroatoms. The number of rotatable bonds is 3. The Labute approximate surface area is 179 Å². The lowest BCUT2D eigenvalue weighted by Crippen LogP contribution is -2.57. The third-order valence-electron chi connectivity index (χ3n) is 4.58. The predicted molar refractivity (Wildman–Crippen MR) is 99.9 cm³/mol. The van der Waals surface area contributed by atoms with Crippen molar-refractivity contribution >= 4 is 11.8 Å². The van der Waals surface area contributed by atoms with Crippen LogP contribution in [0.4, 0.5) is 8.78 Å². The second kappa shape index (κ2) is 7.52. The highest BCUT2D eigenvalue weighted by molar-refractivity contribution is 5.99. The number of amides is 2. The molecule has 0 spiro atoms. The van der Waals surface area contributed by atoms with Gasteiger partial charge in [-0.15, -0.1) is 0 Å². The number of nitrogens with zero attached hydrogens (tertiary/aromatic N) is 2. The van der Waals surface area contributed by atoms with E-state index in [1.54, 1.807) is 5.32 Å². The number of nitrogens with one attached hydrogen (secondary N) is 1. The zero-order valence-corrected chi connectivity index (χ0v) is 15.2. The standard InChI is InChI=1S/C20H19F2N3O5/c1-10-4-5-30-15-9-24-8-13(17(26)18(27)16(24)20(29)25(10)15)19(28)23-7-11-2-3-12(21)6-14(11)22/h2-3,6,8,10,15,27H,4-5,7,9H2,1H3,(H,23,28)/t10-,15+/m1/s1/i1D3,7D2,10D,15D. The number of benzene rings is 1. The van der Waals surface area contributed by atoms with Gasteiger partial charge in [0, 0.05) is 34.5 Å². The minimum absolute atomic E-state index is 0.320. The number of ether oxygens (including phenoxy) is 1. The van der Waals surface area contributed by atoms with Gasteiger partial charge in [0.2, 0.25) is 5.43 Å². The summed E-state index contributed by atoms with van der Waals surface area (Å²) in [4.78, 5) is 39.2. The topological polar surface area (TPSA) is 101 Å². The lowest BCUT2D eigenvalue weighted by Gasteiger charge is -2.44. The molecule has 2 aliphatic heterocycles. The second-order valence-corrected chi connectivity index (χ2v) is 6.48. The summed E-state index contributed by atoms with van der Waals surface area (Å²) in [5.74, 6) is -6.45. The van der Waals surface area contributed by atoms with E-state index in [1.165, 1.54) is 0 Å². The molecule has 1 saturated heterocycles. The number of carbonyl (C=O) groups excluding carboxylic acids is 2.